The maximum Gasteiger partial charge on any atom is 0.407 e. The van der Waals surface area contributed by atoms with Crippen molar-refractivity contribution in [2.75, 3.05) is 17.6 Å². The predicted octanol–water partition coefficient (Wildman–Crippen LogP) is 5.36. The molecular weight excluding hydrogens is 464 g/mol. The van der Waals surface area contributed by atoms with E-state index in [9.17, 15) is 9.59 Å². The van der Waals surface area contributed by atoms with Crippen molar-refractivity contribution in [2.24, 2.45) is 5.92 Å². The van der Waals surface area contributed by atoms with Gasteiger partial charge in [-0.3, -0.25) is 4.79 Å². The fourth-order valence-electron chi connectivity index (χ4n) is 4.47. The molecule has 2 saturated carbocycles. The van der Waals surface area contributed by atoms with Crippen LogP contribution in [0, 0.1) is 5.92 Å². The fraction of sp³-hybridized carbons (Fsp3) is 0.333. The van der Waals surface area contributed by atoms with Crippen molar-refractivity contribution in [3.05, 3.63) is 95.1 Å². The second-order valence-electron chi connectivity index (χ2n) is 10.1. The van der Waals surface area contributed by atoms with Gasteiger partial charge in [-0.05, 0) is 79.6 Å². The summed E-state index contributed by atoms with van der Waals surface area (Å²) in [6.45, 7) is 3.25. The number of alkyl carbamates (subject to hydrolysis) is 1. The molecule has 5 N–H and O–H groups in total. The minimum absolute atomic E-state index is 0.217. The van der Waals surface area contributed by atoms with E-state index in [0.717, 1.165) is 23.6 Å². The van der Waals surface area contributed by atoms with Gasteiger partial charge in [-0.25, -0.2) is 4.79 Å². The number of carbonyl (C=O) groups is 2. The maximum atomic E-state index is 12.5. The highest BCUT2D eigenvalue weighted by molar-refractivity contribution is 6.05. The van der Waals surface area contributed by atoms with Crippen LogP contribution in [0.2, 0.25) is 0 Å². The van der Waals surface area contributed by atoms with E-state index in [0.29, 0.717) is 28.9 Å². The number of nitrogen functional groups attached to an aromatic ring is 1. The number of anilines is 2. The summed E-state index contributed by atoms with van der Waals surface area (Å²) in [5.41, 5.74) is 10.7. The Balaban J connectivity index is 1.05. The molecule has 0 aliphatic heterocycles. The van der Waals surface area contributed by atoms with Gasteiger partial charge in [0.1, 0.15) is 6.61 Å². The molecule has 2 amide bonds. The minimum Gasteiger partial charge on any atom is -0.445 e. The summed E-state index contributed by atoms with van der Waals surface area (Å²) < 4.78 is 5.43. The van der Waals surface area contributed by atoms with E-state index in [1.54, 1.807) is 24.3 Å². The Morgan fingerprint density at radius 2 is 1.73 bits per heavy atom. The number of para-hydroxylation sites is 2. The number of amides is 2. The number of carbonyl (C=O) groups excluding carboxylic acids is 2. The van der Waals surface area contributed by atoms with Gasteiger partial charge in [0, 0.05) is 17.5 Å². The van der Waals surface area contributed by atoms with Crippen LogP contribution in [0.25, 0.3) is 0 Å². The van der Waals surface area contributed by atoms with Gasteiger partial charge in [0.15, 0.2) is 0 Å². The SMILES string of the molecule is CC(NC(=O)OCc1ccc(C2C[C@@H]2NCC2CC2)cc1)c1ccc(C(=O)Nc2ccccc2N)cc1. The van der Waals surface area contributed by atoms with Crippen LogP contribution >= 0.6 is 0 Å². The lowest BCUT2D eigenvalue weighted by molar-refractivity contribution is 0.102. The smallest absolute Gasteiger partial charge is 0.407 e. The van der Waals surface area contributed by atoms with E-state index >= 15 is 0 Å². The maximum absolute atomic E-state index is 12.5. The van der Waals surface area contributed by atoms with E-state index in [1.165, 1.54) is 24.8 Å². The number of nitrogens with one attached hydrogen (secondary N) is 3. The fourth-order valence-corrected chi connectivity index (χ4v) is 4.47. The average Bonchev–Trinajstić information content (AvgIpc) is 3.83. The molecule has 0 aromatic heterocycles. The molecule has 3 atom stereocenters. The molecule has 2 aliphatic carbocycles. The summed E-state index contributed by atoms with van der Waals surface area (Å²) in [7, 11) is 0. The summed E-state index contributed by atoms with van der Waals surface area (Å²) >= 11 is 0. The third-order valence-corrected chi connectivity index (χ3v) is 7.15. The van der Waals surface area contributed by atoms with Crippen molar-refractivity contribution in [3.8, 4) is 0 Å². The molecule has 0 bridgehead atoms. The lowest BCUT2D eigenvalue weighted by Crippen LogP contribution is -2.27. The van der Waals surface area contributed by atoms with Gasteiger partial charge in [-0.2, -0.15) is 0 Å². The Morgan fingerprint density at radius 3 is 2.43 bits per heavy atom. The molecule has 7 nitrogen and oxygen atoms in total. The summed E-state index contributed by atoms with van der Waals surface area (Å²) in [5, 5.41) is 9.33. The van der Waals surface area contributed by atoms with Crippen LogP contribution in [0.4, 0.5) is 16.2 Å². The van der Waals surface area contributed by atoms with Crippen molar-refractivity contribution in [1.82, 2.24) is 10.6 Å². The second kappa shape index (κ2) is 11.0. The summed E-state index contributed by atoms with van der Waals surface area (Å²) in [6.07, 6.45) is 3.48. The Bertz CT molecular complexity index is 1240. The van der Waals surface area contributed by atoms with Gasteiger partial charge in [-0.15, -0.1) is 0 Å². The summed E-state index contributed by atoms with van der Waals surface area (Å²) in [4.78, 5) is 24.9. The van der Waals surface area contributed by atoms with Gasteiger partial charge in [-0.1, -0.05) is 48.5 Å². The predicted molar refractivity (Wildman–Crippen MR) is 145 cm³/mol. The summed E-state index contributed by atoms with van der Waals surface area (Å²) in [5.74, 6) is 1.26. The molecule has 192 valence electrons. The highest BCUT2D eigenvalue weighted by Gasteiger charge is 2.38. The Morgan fingerprint density at radius 1 is 1.00 bits per heavy atom. The van der Waals surface area contributed by atoms with Crippen LogP contribution in [0.5, 0.6) is 0 Å². The number of benzene rings is 3. The van der Waals surface area contributed by atoms with E-state index in [1.807, 2.05) is 43.3 Å². The monoisotopic (exact) mass is 498 g/mol. The lowest BCUT2D eigenvalue weighted by Gasteiger charge is -2.15. The van der Waals surface area contributed by atoms with Crippen LogP contribution in [0.3, 0.4) is 0 Å². The first kappa shape index (κ1) is 24.8. The number of hydrogen-bond donors (Lipinski definition) is 4. The second-order valence-corrected chi connectivity index (χ2v) is 10.1. The first-order valence-electron chi connectivity index (χ1n) is 13.0. The zero-order valence-electron chi connectivity index (χ0n) is 21.1. The molecule has 2 unspecified atom stereocenters. The van der Waals surface area contributed by atoms with Crippen molar-refractivity contribution in [3.63, 3.8) is 0 Å². The Kier molecular flexibility index (Phi) is 7.42. The van der Waals surface area contributed by atoms with Crippen LogP contribution in [-0.2, 0) is 11.3 Å². The first-order valence-corrected chi connectivity index (χ1v) is 13.0. The highest BCUT2D eigenvalue weighted by atomic mass is 16.5. The van der Waals surface area contributed by atoms with Gasteiger partial charge in [0.2, 0.25) is 0 Å². The molecule has 0 saturated heterocycles. The average molecular weight is 499 g/mol. The molecule has 3 aromatic carbocycles. The lowest BCUT2D eigenvalue weighted by atomic mass is 10.1. The molecule has 2 fully saturated rings. The largest absolute Gasteiger partial charge is 0.445 e. The molecular formula is C30H34N4O3. The molecule has 0 radical (unpaired) electrons. The molecule has 7 heteroatoms. The van der Waals surface area contributed by atoms with Crippen molar-refractivity contribution >= 4 is 23.4 Å². The standard InChI is InChI=1S/C30H34N4O3/c1-19(22-12-14-24(15-13-22)29(35)34-27-5-3-2-4-26(27)31)33-30(36)37-18-21-8-10-23(11-9-21)25-16-28(25)32-17-20-6-7-20/h2-5,8-15,19-20,25,28,32H,6-7,16-18,31H2,1H3,(H,33,36)(H,34,35)/t19?,25?,28-/m0/s1. The van der Waals surface area contributed by atoms with Crippen molar-refractivity contribution in [1.29, 1.82) is 0 Å². The van der Waals surface area contributed by atoms with Gasteiger partial charge >= 0.3 is 6.09 Å². The van der Waals surface area contributed by atoms with Crippen molar-refractivity contribution in [2.45, 2.75) is 50.8 Å². The van der Waals surface area contributed by atoms with Crippen LogP contribution in [0.15, 0.2) is 72.8 Å². The molecule has 2 aliphatic rings. The minimum atomic E-state index is -0.482. The van der Waals surface area contributed by atoms with Crippen LogP contribution in [-0.4, -0.2) is 24.6 Å². The molecule has 37 heavy (non-hydrogen) atoms. The highest BCUT2D eigenvalue weighted by Crippen LogP contribution is 2.41. The Hall–Kier alpha value is -3.84. The third-order valence-electron chi connectivity index (χ3n) is 7.15. The Labute approximate surface area is 217 Å². The molecule has 3 aromatic rings. The normalized spacial score (nSPS) is 19.1. The quantitative estimate of drug-likeness (QED) is 0.282. The summed E-state index contributed by atoms with van der Waals surface area (Å²) in [6, 6.07) is 22.9. The van der Waals surface area contributed by atoms with E-state index < -0.39 is 6.09 Å². The molecule has 0 heterocycles. The van der Waals surface area contributed by atoms with E-state index in [4.69, 9.17) is 10.5 Å². The number of nitrogens with two attached hydrogens (primary N) is 1. The topological polar surface area (TPSA) is 105 Å². The number of hydrogen-bond acceptors (Lipinski definition) is 5. The third kappa shape index (κ3) is 6.68. The van der Waals surface area contributed by atoms with Gasteiger partial charge in [0.25, 0.3) is 5.91 Å². The van der Waals surface area contributed by atoms with Crippen molar-refractivity contribution < 1.29 is 14.3 Å². The molecule has 0 spiro atoms. The number of ether oxygens (including phenoxy) is 1. The zero-order valence-corrected chi connectivity index (χ0v) is 21.1. The van der Waals surface area contributed by atoms with E-state index in [2.05, 4.69) is 28.1 Å². The zero-order chi connectivity index (χ0) is 25.8. The first-order chi connectivity index (χ1) is 18.0. The van der Waals surface area contributed by atoms with Crippen LogP contribution in [0.1, 0.15) is 65.2 Å². The van der Waals surface area contributed by atoms with Gasteiger partial charge < -0.3 is 26.4 Å². The van der Waals surface area contributed by atoms with Gasteiger partial charge in [0.05, 0.1) is 17.4 Å². The number of rotatable bonds is 10. The van der Waals surface area contributed by atoms with Crippen LogP contribution < -0.4 is 21.7 Å². The van der Waals surface area contributed by atoms with E-state index in [-0.39, 0.29) is 18.6 Å². The molecule has 5 rings (SSSR count).